The van der Waals surface area contributed by atoms with Crippen molar-refractivity contribution in [2.75, 3.05) is 0 Å². The van der Waals surface area contributed by atoms with Gasteiger partial charge in [0.1, 0.15) is 11.2 Å². The Morgan fingerprint density at radius 1 is 0.610 bits per heavy atom. The first-order chi connectivity index (χ1) is 20.4. The Balaban J connectivity index is 1.49. The van der Waals surface area contributed by atoms with E-state index in [-0.39, 0.29) is 0 Å². The SMILES string of the molecule is c1ccc(-n2c3ccc4c(c3c3ccc5c(c6ccncc6n6c7ncccc7nc56)c32)Cc2ccccc2-4)cc1. The van der Waals surface area contributed by atoms with E-state index < -0.39 is 0 Å². The van der Waals surface area contributed by atoms with E-state index in [0.717, 1.165) is 45.2 Å². The van der Waals surface area contributed by atoms with Crippen molar-refractivity contribution in [2.45, 2.75) is 6.42 Å². The highest BCUT2D eigenvalue weighted by molar-refractivity contribution is 6.28. The lowest BCUT2D eigenvalue weighted by molar-refractivity contribution is 1.18. The summed E-state index contributed by atoms with van der Waals surface area (Å²) in [5.41, 5.74) is 12.7. The van der Waals surface area contributed by atoms with Crippen LogP contribution in [0, 0.1) is 0 Å². The zero-order valence-corrected chi connectivity index (χ0v) is 21.9. The predicted octanol–water partition coefficient (Wildman–Crippen LogP) is 8.25. The quantitative estimate of drug-likeness (QED) is 0.204. The first kappa shape index (κ1) is 21.3. The fourth-order valence-electron chi connectivity index (χ4n) is 7.23. The maximum Gasteiger partial charge on any atom is 0.165 e. The average molecular weight is 524 g/mol. The Morgan fingerprint density at radius 3 is 2.44 bits per heavy atom. The number of imidazole rings is 1. The molecule has 0 radical (unpaired) electrons. The number of para-hydroxylation sites is 1. The minimum atomic E-state index is 0.849. The molecule has 0 atom stereocenters. The molecule has 4 aromatic carbocycles. The number of aromatic nitrogens is 5. The van der Waals surface area contributed by atoms with Crippen LogP contribution in [0.4, 0.5) is 0 Å². The molecule has 0 amide bonds. The number of pyridine rings is 3. The summed E-state index contributed by atoms with van der Waals surface area (Å²) in [6.45, 7) is 0. The van der Waals surface area contributed by atoms with Crippen LogP contribution in [-0.2, 0) is 6.42 Å². The van der Waals surface area contributed by atoms with Crippen molar-refractivity contribution < 1.29 is 0 Å². The largest absolute Gasteiger partial charge is 0.309 e. The summed E-state index contributed by atoms with van der Waals surface area (Å²) in [6, 6.07) is 34.9. The van der Waals surface area contributed by atoms with Crippen LogP contribution in [0.25, 0.3) is 77.1 Å². The normalized spacial score (nSPS) is 12.8. The van der Waals surface area contributed by atoms with E-state index >= 15 is 0 Å². The van der Waals surface area contributed by atoms with Crippen molar-refractivity contribution in [3.8, 4) is 16.8 Å². The molecule has 0 bridgehead atoms. The Kier molecular flexibility index (Phi) is 3.92. The van der Waals surface area contributed by atoms with Gasteiger partial charge < -0.3 is 4.57 Å². The van der Waals surface area contributed by atoms with Crippen molar-refractivity contribution in [3.05, 3.63) is 127 Å². The maximum absolute atomic E-state index is 5.10. The fraction of sp³-hybridized carbons (Fsp3) is 0.0278. The highest BCUT2D eigenvalue weighted by atomic mass is 15.1. The highest BCUT2D eigenvalue weighted by Crippen LogP contribution is 2.47. The number of rotatable bonds is 1. The molecule has 0 saturated heterocycles. The van der Waals surface area contributed by atoms with Gasteiger partial charge in [-0.25, -0.2) is 9.97 Å². The number of benzene rings is 4. The van der Waals surface area contributed by atoms with Crippen LogP contribution in [0.2, 0.25) is 0 Å². The van der Waals surface area contributed by atoms with Gasteiger partial charge in [-0.15, -0.1) is 0 Å². The second-order valence-corrected chi connectivity index (χ2v) is 10.9. The van der Waals surface area contributed by atoms with Crippen LogP contribution in [0.1, 0.15) is 11.1 Å². The molecule has 5 aromatic heterocycles. The van der Waals surface area contributed by atoms with Gasteiger partial charge in [-0.2, -0.15) is 0 Å². The second-order valence-electron chi connectivity index (χ2n) is 10.9. The van der Waals surface area contributed by atoms with E-state index in [1.165, 1.54) is 49.4 Å². The van der Waals surface area contributed by atoms with E-state index in [1.807, 2.05) is 30.7 Å². The Bertz CT molecular complexity index is 2550. The summed E-state index contributed by atoms with van der Waals surface area (Å²) in [7, 11) is 0. The second kappa shape index (κ2) is 7.55. The van der Waals surface area contributed by atoms with Gasteiger partial charge in [0.05, 0.1) is 22.7 Å². The molecule has 0 spiro atoms. The molecule has 0 fully saturated rings. The average Bonchev–Trinajstić information content (AvgIpc) is 3.71. The lowest BCUT2D eigenvalue weighted by atomic mass is 9.98. The van der Waals surface area contributed by atoms with E-state index in [1.54, 1.807) is 0 Å². The number of hydrogen-bond acceptors (Lipinski definition) is 3. The van der Waals surface area contributed by atoms with E-state index in [0.29, 0.717) is 0 Å². The Labute approximate surface area is 234 Å². The molecule has 190 valence electrons. The van der Waals surface area contributed by atoms with Crippen LogP contribution in [-0.4, -0.2) is 23.9 Å². The van der Waals surface area contributed by atoms with Gasteiger partial charge in [0.25, 0.3) is 0 Å². The number of hydrogen-bond donors (Lipinski definition) is 0. The molecule has 41 heavy (non-hydrogen) atoms. The zero-order valence-electron chi connectivity index (χ0n) is 21.9. The monoisotopic (exact) mass is 523 g/mol. The topological polar surface area (TPSA) is 48.0 Å². The van der Waals surface area contributed by atoms with E-state index in [2.05, 4.69) is 98.9 Å². The van der Waals surface area contributed by atoms with E-state index in [9.17, 15) is 0 Å². The third-order valence-corrected chi connectivity index (χ3v) is 8.86. The maximum atomic E-state index is 5.10. The fourth-order valence-corrected chi connectivity index (χ4v) is 7.23. The van der Waals surface area contributed by atoms with Crippen LogP contribution in [0.15, 0.2) is 116 Å². The van der Waals surface area contributed by atoms with Crippen LogP contribution in [0.5, 0.6) is 0 Å². The van der Waals surface area contributed by atoms with Gasteiger partial charge in [0.15, 0.2) is 5.65 Å². The lowest BCUT2D eigenvalue weighted by Crippen LogP contribution is -1.97. The highest BCUT2D eigenvalue weighted by Gasteiger charge is 2.26. The van der Waals surface area contributed by atoms with Gasteiger partial charge in [0, 0.05) is 45.0 Å². The third-order valence-electron chi connectivity index (χ3n) is 8.86. The van der Waals surface area contributed by atoms with Crippen molar-refractivity contribution in [1.82, 2.24) is 23.9 Å². The van der Waals surface area contributed by atoms with Gasteiger partial charge >= 0.3 is 0 Å². The Morgan fingerprint density at radius 2 is 1.49 bits per heavy atom. The van der Waals surface area contributed by atoms with Gasteiger partial charge in [0.2, 0.25) is 0 Å². The van der Waals surface area contributed by atoms with Crippen molar-refractivity contribution in [1.29, 1.82) is 0 Å². The van der Waals surface area contributed by atoms with Crippen molar-refractivity contribution in [3.63, 3.8) is 0 Å². The summed E-state index contributed by atoms with van der Waals surface area (Å²) in [5.74, 6) is 0. The summed E-state index contributed by atoms with van der Waals surface area (Å²) < 4.78 is 4.61. The lowest BCUT2D eigenvalue weighted by Gasteiger charge is -2.13. The predicted molar refractivity (Wildman–Crippen MR) is 166 cm³/mol. The molecule has 10 rings (SSSR count). The first-order valence-corrected chi connectivity index (χ1v) is 13.9. The molecule has 0 N–H and O–H groups in total. The molecule has 5 heteroatoms. The van der Waals surface area contributed by atoms with Crippen molar-refractivity contribution in [2.24, 2.45) is 0 Å². The minimum Gasteiger partial charge on any atom is -0.309 e. The van der Waals surface area contributed by atoms with Crippen LogP contribution >= 0.6 is 0 Å². The minimum absolute atomic E-state index is 0.849. The van der Waals surface area contributed by atoms with Crippen molar-refractivity contribution >= 4 is 60.3 Å². The summed E-state index contributed by atoms with van der Waals surface area (Å²) in [4.78, 5) is 14.4. The van der Waals surface area contributed by atoms with Crippen LogP contribution in [0.3, 0.4) is 0 Å². The summed E-state index contributed by atoms with van der Waals surface area (Å²) >= 11 is 0. The first-order valence-electron chi connectivity index (χ1n) is 13.9. The number of fused-ring (bicyclic) bond motifs is 16. The molecule has 0 aliphatic heterocycles. The number of nitrogens with zero attached hydrogens (tertiary/aromatic N) is 5. The Hall–Kier alpha value is -5.55. The molecule has 0 unspecified atom stereocenters. The molecule has 1 aliphatic carbocycles. The smallest absolute Gasteiger partial charge is 0.165 e. The van der Waals surface area contributed by atoms with Gasteiger partial charge in [-0.05, 0) is 71.1 Å². The molecule has 1 aliphatic rings. The summed E-state index contributed by atoms with van der Waals surface area (Å²) in [5, 5.41) is 6.02. The summed E-state index contributed by atoms with van der Waals surface area (Å²) in [6.07, 6.45) is 6.61. The molecule has 0 saturated carbocycles. The van der Waals surface area contributed by atoms with Crippen LogP contribution < -0.4 is 0 Å². The van der Waals surface area contributed by atoms with E-state index in [4.69, 9.17) is 9.97 Å². The zero-order chi connectivity index (χ0) is 26.7. The third kappa shape index (κ3) is 2.63. The molecular formula is C36H21N5. The molecule has 5 nitrogen and oxygen atoms in total. The van der Waals surface area contributed by atoms with Gasteiger partial charge in [-0.3, -0.25) is 9.38 Å². The van der Waals surface area contributed by atoms with Gasteiger partial charge in [-0.1, -0.05) is 54.6 Å². The molecule has 5 heterocycles. The molecule has 9 aromatic rings. The molecular weight excluding hydrogens is 502 g/mol. The standard InChI is InChI=1S/C36H21N5/c1-2-8-22(9-3-1)40-30-15-14-24-23-10-5-4-7-21(23)19-28(24)32(30)26-12-13-27-33(34(26)40)25-16-18-37-20-31(25)41-35(27)39-29-11-6-17-38-36(29)41/h1-18,20H,19H2.